The third-order valence-corrected chi connectivity index (χ3v) is 3.64. The van der Waals surface area contributed by atoms with Crippen molar-refractivity contribution in [3.05, 3.63) is 35.4 Å². The molecule has 0 spiro atoms. The maximum Gasteiger partial charge on any atom is 0.328 e. The Labute approximate surface area is 99.8 Å². The first-order valence-electron chi connectivity index (χ1n) is 4.82. The van der Waals surface area contributed by atoms with Crippen LogP contribution >= 0.6 is 0 Å². The zero-order valence-corrected chi connectivity index (χ0v) is 10.3. The number of carboxylic acids is 1. The third kappa shape index (κ3) is 3.40. The largest absolute Gasteiger partial charge is 0.478 e. The summed E-state index contributed by atoms with van der Waals surface area (Å²) in [6.45, 7) is 1.72. The van der Waals surface area contributed by atoms with Crippen molar-refractivity contribution < 1.29 is 18.3 Å². The number of carbonyl (C=O) groups is 1. The normalized spacial score (nSPS) is 11.9. The minimum Gasteiger partial charge on any atom is -0.478 e. The Morgan fingerprint density at radius 2 is 2.06 bits per heavy atom. The Bertz CT molecular complexity index is 561. The van der Waals surface area contributed by atoms with E-state index in [1.165, 1.54) is 25.3 Å². The number of carboxylic acid groups (broad SMARTS) is 1. The molecule has 0 aromatic heterocycles. The highest BCUT2D eigenvalue weighted by molar-refractivity contribution is 7.89. The van der Waals surface area contributed by atoms with E-state index in [1.54, 1.807) is 13.0 Å². The Morgan fingerprint density at radius 3 is 2.53 bits per heavy atom. The first-order chi connectivity index (χ1) is 7.86. The lowest BCUT2D eigenvalue weighted by molar-refractivity contribution is -0.131. The van der Waals surface area contributed by atoms with E-state index in [9.17, 15) is 13.2 Å². The highest BCUT2D eigenvalue weighted by Gasteiger charge is 2.11. The molecule has 0 aliphatic heterocycles. The van der Waals surface area contributed by atoms with Crippen molar-refractivity contribution in [3.8, 4) is 0 Å². The molecule has 0 bridgehead atoms. The monoisotopic (exact) mass is 255 g/mol. The van der Waals surface area contributed by atoms with Gasteiger partial charge in [0.15, 0.2) is 0 Å². The fourth-order valence-electron chi connectivity index (χ4n) is 1.28. The lowest BCUT2D eigenvalue weighted by Crippen LogP contribution is -2.18. The molecular weight excluding hydrogens is 242 g/mol. The first-order valence-corrected chi connectivity index (χ1v) is 6.30. The zero-order chi connectivity index (χ0) is 13.1. The van der Waals surface area contributed by atoms with Crippen LogP contribution in [0.5, 0.6) is 0 Å². The number of rotatable bonds is 4. The van der Waals surface area contributed by atoms with E-state index in [4.69, 9.17) is 5.11 Å². The van der Waals surface area contributed by atoms with Crippen molar-refractivity contribution in [1.82, 2.24) is 4.72 Å². The molecule has 5 nitrogen and oxygen atoms in total. The van der Waals surface area contributed by atoms with Crippen LogP contribution in [0.1, 0.15) is 11.1 Å². The molecule has 0 aliphatic carbocycles. The molecule has 1 aromatic carbocycles. The van der Waals surface area contributed by atoms with Gasteiger partial charge in [-0.05, 0) is 43.3 Å². The SMILES string of the molecule is CNS(=O)(=O)c1ccc(C=CC(=O)O)c(C)c1. The van der Waals surface area contributed by atoms with Crippen molar-refractivity contribution in [2.75, 3.05) is 7.05 Å². The van der Waals surface area contributed by atoms with Crippen LogP contribution in [0.2, 0.25) is 0 Å². The minimum absolute atomic E-state index is 0.157. The van der Waals surface area contributed by atoms with Crippen molar-refractivity contribution in [2.45, 2.75) is 11.8 Å². The molecule has 92 valence electrons. The lowest BCUT2D eigenvalue weighted by atomic mass is 10.1. The number of benzene rings is 1. The number of nitrogens with one attached hydrogen (secondary N) is 1. The van der Waals surface area contributed by atoms with Gasteiger partial charge in [-0.2, -0.15) is 0 Å². The van der Waals surface area contributed by atoms with Gasteiger partial charge in [0.1, 0.15) is 0 Å². The second-order valence-electron chi connectivity index (χ2n) is 3.40. The van der Waals surface area contributed by atoms with Crippen molar-refractivity contribution in [2.24, 2.45) is 0 Å². The van der Waals surface area contributed by atoms with Crippen molar-refractivity contribution in [1.29, 1.82) is 0 Å². The van der Waals surface area contributed by atoms with Gasteiger partial charge in [0.2, 0.25) is 10.0 Å². The van der Waals surface area contributed by atoms with Gasteiger partial charge in [0, 0.05) is 6.08 Å². The van der Waals surface area contributed by atoms with Gasteiger partial charge in [-0.25, -0.2) is 17.9 Å². The molecule has 0 saturated carbocycles. The van der Waals surface area contributed by atoms with Crippen LogP contribution in [-0.4, -0.2) is 26.5 Å². The Balaban J connectivity index is 3.15. The summed E-state index contributed by atoms with van der Waals surface area (Å²) < 4.78 is 25.2. The van der Waals surface area contributed by atoms with Gasteiger partial charge in [-0.1, -0.05) is 6.07 Å². The molecule has 0 unspecified atom stereocenters. The fraction of sp³-hybridized carbons (Fsp3) is 0.182. The summed E-state index contributed by atoms with van der Waals surface area (Å²) in [5.74, 6) is -1.05. The molecule has 0 heterocycles. The molecule has 0 aliphatic rings. The molecule has 1 rings (SSSR count). The maximum absolute atomic E-state index is 11.5. The molecule has 2 N–H and O–H groups in total. The van der Waals surface area contributed by atoms with E-state index in [0.29, 0.717) is 11.1 Å². The molecule has 0 radical (unpaired) electrons. The van der Waals surface area contributed by atoms with Crippen LogP contribution in [0.3, 0.4) is 0 Å². The van der Waals surface area contributed by atoms with E-state index in [-0.39, 0.29) is 4.90 Å². The highest BCUT2D eigenvalue weighted by atomic mass is 32.2. The smallest absolute Gasteiger partial charge is 0.328 e. The summed E-state index contributed by atoms with van der Waals surface area (Å²) in [6, 6.07) is 4.49. The van der Waals surface area contributed by atoms with E-state index < -0.39 is 16.0 Å². The summed E-state index contributed by atoms with van der Waals surface area (Å²) in [5, 5.41) is 8.49. The molecule has 1 aromatic rings. The van der Waals surface area contributed by atoms with E-state index >= 15 is 0 Å². The maximum atomic E-state index is 11.5. The average molecular weight is 255 g/mol. The van der Waals surface area contributed by atoms with Crippen LogP contribution in [-0.2, 0) is 14.8 Å². The van der Waals surface area contributed by atoms with Gasteiger partial charge in [-0.15, -0.1) is 0 Å². The van der Waals surface area contributed by atoms with Gasteiger partial charge < -0.3 is 5.11 Å². The van der Waals surface area contributed by atoms with Crippen LogP contribution in [0, 0.1) is 6.92 Å². The van der Waals surface area contributed by atoms with E-state index in [0.717, 1.165) is 6.08 Å². The Hall–Kier alpha value is -1.66. The average Bonchev–Trinajstić information content (AvgIpc) is 2.27. The first kappa shape index (κ1) is 13.4. The third-order valence-electron chi connectivity index (χ3n) is 2.23. The standard InChI is InChI=1S/C11H13NO4S/c1-8-7-10(17(15,16)12-2)5-3-9(8)4-6-11(13)14/h3-7,12H,1-2H3,(H,13,14). The second-order valence-corrected chi connectivity index (χ2v) is 5.28. The molecule has 0 saturated heterocycles. The number of sulfonamides is 1. The molecule has 0 atom stereocenters. The van der Waals surface area contributed by atoms with E-state index in [1.807, 2.05) is 0 Å². The van der Waals surface area contributed by atoms with Gasteiger partial charge in [0.05, 0.1) is 4.90 Å². The van der Waals surface area contributed by atoms with Gasteiger partial charge in [0.25, 0.3) is 0 Å². The van der Waals surface area contributed by atoms with Crippen molar-refractivity contribution >= 4 is 22.1 Å². The summed E-state index contributed by atoms with van der Waals surface area (Å²) >= 11 is 0. The van der Waals surface area contributed by atoms with Crippen LogP contribution in [0.4, 0.5) is 0 Å². The Kier molecular flexibility index (Phi) is 4.03. The summed E-state index contributed by atoms with van der Waals surface area (Å²) in [7, 11) is -2.12. The topological polar surface area (TPSA) is 83.5 Å². The molecule has 0 fully saturated rings. The van der Waals surface area contributed by atoms with E-state index in [2.05, 4.69) is 4.72 Å². The predicted molar refractivity (Wildman–Crippen MR) is 64.1 cm³/mol. The Morgan fingerprint density at radius 1 is 1.41 bits per heavy atom. The van der Waals surface area contributed by atoms with Crippen molar-refractivity contribution in [3.63, 3.8) is 0 Å². The van der Waals surface area contributed by atoms with Gasteiger partial charge >= 0.3 is 5.97 Å². The summed E-state index contributed by atoms with van der Waals surface area (Å²) in [4.78, 5) is 10.5. The number of hydrogen-bond acceptors (Lipinski definition) is 3. The highest BCUT2D eigenvalue weighted by Crippen LogP contribution is 2.16. The van der Waals surface area contributed by atoms with Crippen LogP contribution in [0.25, 0.3) is 6.08 Å². The predicted octanol–water partition coefficient (Wildman–Crippen LogP) is 1.00. The lowest BCUT2D eigenvalue weighted by Gasteiger charge is -2.05. The molecule has 17 heavy (non-hydrogen) atoms. The summed E-state index contributed by atoms with van der Waals surface area (Å²) in [6.07, 6.45) is 2.43. The number of aliphatic carboxylic acids is 1. The second kappa shape index (κ2) is 5.11. The summed E-state index contributed by atoms with van der Waals surface area (Å²) in [5.41, 5.74) is 1.36. The van der Waals surface area contributed by atoms with Crippen LogP contribution < -0.4 is 4.72 Å². The number of hydrogen-bond donors (Lipinski definition) is 2. The minimum atomic E-state index is -3.46. The quantitative estimate of drug-likeness (QED) is 0.786. The molecule has 0 amide bonds. The number of aryl methyl sites for hydroxylation is 1. The fourth-order valence-corrected chi connectivity index (χ4v) is 2.10. The molecular formula is C11H13NO4S. The molecule has 6 heteroatoms. The zero-order valence-electron chi connectivity index (χ0n) is 9.47. The van der Waals surface area contributed by atoms with Gasteiger partial charge in [-0.3, -0.25) is 0 Å². The van der Waals surface area contributed by atoms with Crippen LogP contribution in [0.15, 0.2) is 29.2 Å².